The van der Waals surface area contributed by atoms with Crippen molar-refractivity contribution in [2.24, 2.45) is 0 Å². The molecule has 0 saturated heterocycles. The van der Waals surface area contributed by atoms with Crippen LogP contribution in [0.25, 0.3) is 10.7 Å². The number of carbonyl (C=O) groups is 1. The first kappa shape index (κ1) is 8.07. The van der Waals surface area contributed by atoms with E-state index in [2.05, 4.69) is 9.97 Å². The van der Waals surface area contributed by atoms with Crippen molar-refractivity contribution in [1.29, 1.82) is 0 Å². The first-order chi connectivity index (χ1) is 6.40. The Morgan fingerprint density at radius 3 is 2.92 bits per heavy atom. The van der Waals surface area contributed by atoms with Gasteiger partial charge < -0.3 is 0 Å². The molecule has 2 rings (SSSR count). The molecule has 0 aliphatic heterocycles. The molecule has 13 heavy (non-hydrogen) atoms. The van der Waals surface area contributed by atoms with Crippen molar-refractivity contribution in [2.45, 2.75) is 0 Å². The molecule has 3 nitrogen and oxygen atoms in total. The lowest BCUT2D eigenvalue weighted by Crippen LogP contribution is -1.82. The molecular weight excluding hydrogens is 184 g/mol. The van der Waals surface area contributed by atoms with Crippen LogP contribution in [-0.2, 0) is 0 Å². The van der Waals surface area contributed by atoms with Crippen LogP contribution in [-0.4, -0.2) is 16.3 Å². The number of nitrogens with zero attached hydrogens (tertiary/aromatic N) is 2. The smallest absolute Gasteiger partial charge is 0.169 e. The molecule has 0 aromatic carbocycles. The molecule has 0 saturated carbocycles. The Kier molecular flexibility index (Phi) is 2.14. The molecule has 2 aromatic heterocycles. The first-order valence-corrected chi connectivity index (χ1v) is 4.60. The summed E-state index contributed by atoms with van der Waals surface area (Å²) in [5.41, 5.74) is 1.27. The fraction of sp³-hybridized carbons (Fsp3) is 0. The van der Waals surface area contributed by atoms with Crippen LogP contribution in [0.1, 0.15) is 10.5 Å². The summed E-state index contributed by atoms with van der Waals surface area (Å²) in [7, 11) is 0. The summed E-state index contributed by atoms with van der Waals surface area (Å²) in [5.74, 6) is 0. The molecule has 0 fully saturated rings. The normalized spacial score (nSPS) is 9.85. The number of thiazole rings is 1. The summed E-state index contributed by atoms with van der Waals surface area (Å²) in [6.07, 6.45) is 2.44. The molecule has 64 valence electrons. The third-order valence-electron chi connectivity index (χ3n) is 1.53. The van der Waals surface area contributed by atoms with E-state index in [0.717, 1.165) is 17.0 Å². The number of carbonyl (C=O) groups excluding carboxylic acids is 1. The molecule has 0 N–H and O–H groups in total. The number of hydrogen-bond donors (Lipinski definition) is 0. The maximum atomic E-state index is 10.4. The van der Waals surface area contributed by atoms with Gasteiger partial charge in [0.25, 0.3) is 0 Å². The number of hydrogen-bond acceptors (Lipinski definition) is 4. The Balaban J connectivity index is 2.41. The minimum atomic E-state index is 0.464. The van der Waals surface area contributed by atoms with Gasteiger partial charge in [0.1, 0.15) is 10.7 Å². The molecule has 0 aliphatic carbocycles. The third kappa shape index (κ3) is 1.62. The van der Waals surface area contributed by atoms with Gasteiger partial charge in [-0.2, -0.15) is 0 Å². The molecule has 0 atom stereocenters. The predicted molar refractivity (Wildman–Crippen MR) is 50.7 cm³/mol. The van der Waals surface area contributed by atoms with Gasteiger partial charge in [0.2, 0.25) is 0 Å². The average Bonchev–Trinajstić information content (AvgIpc) is 2.67. The van der Waals surface area contributed by atoms with Gasteiger partial charge in [-0.15, -0.1) is 11.3 Å². The van der Waals surface area contributed by atoms with Crippen LogP contribution in [0.4, 0.5) is 0 Å². The summed E-state index contributed by atoms with van der Waals surface area (Å²) in [6.45, 7) is 0. The molecule has 2 aromatic rings. The fourth-order valence-electron chi connectivity index (χ4n) is 0.947. The average molecular weight is 190 g/mol. The first-order valence-electron chi connectivity index (χ1n) is 3.72. The van der Waals surface area contributed by atoms with E-state index in [1.165, 1.54) is 11.3 Å². The van der Waals surface area contributed by atoms with E-state index in [-0.39, 0.29) is 0 Å². The van der Waals surface area contributed by atoms with Crippen molar-refractivity contribution < 1.29 is 4.79 Å². The zero-order chi connectivity index (χ0) is 9.10. The second kappa shape index (κ2) is 3.45. The summed E-state index contributed by atoms with van der Waals surface area (Å²) in [4.78, 5) is 18.6. The summed E-state index contributed by atoms with van der Waals surface area (Å²) >= 11 is 1.42. The van der Waals surface area contributed by atoms with Gasteiger partial charge in [-0.25, -0.2) is 4.98 Å². The van der Waals surface area contributed by atoms with Crippen LogP contribution in [0.5, 0.6) is 0 Å². The van der Waals surface area contributed by atoms with Crippen molar-refractivity contribution in [3.05, 3.63) is 35.5 Å². The Morgan fingerprint density at radius 1 is 1.38 bits per heavy atom. The Hall–Kier alpha value is -1.55. The van der Waals surface area contributed by atoms with E-state index in [4.69, 9.17) is 0 Å². The van der Waals surface area contributed by atoms with Gasteiger partial charge in [0.15, 0.2) is 6.29 Å². The molecular formula is C9H6N2OS. The standard InChI is InChI=1S/C9H6N2OS/c12-5-7-6-13-9(11-7)8-3-1-2-4-10-8/h1-6H. The van der Waals surface area contributed by atoms with E-state index in [1.54, 1.807) is 11.6 Å². The van der Waals surface area contributed by atoms with E-state index in [1.807, 2.05) is 18.2 Å². The Labute approximate surface area is 79.1 Å². The van der Waals surface area contributed by atoms with Crippen LogP contribution >= 0.6 is 11.3 Å². The lowest BCUT2D eigenvalue weighted by atomic mass is 10.4. The van der Waals surface area contributed by atoms with Crippen LogP contribution in [0.3, 0.4) is 0 Å². The van der Waals surface area contributed by atoms with Crippen molar-refractivity contribution in [1.82, 2.24) is 9.97 Å². The highest BCUT2D eigenvalue weighted by Crippen LogP contribution is 2.20. The van der Waals surface area contributed by atoms with Gasteiger partial charge in [-0.1, -0.05) is 6.07 Å². The lowest BCUT2D eigenvalue weighted by Gasteiger charge is -1.91. The highest BCUT2D eigenvalue weighted by molar-refractivity contribution is 7.13. The van der Waals surface area contributed by atoms with E-state index in [0.29, 0.717) is 5.69 Å². The van der Waals surface area contributed by atoms with Crippen molar-refractivity contribution in [2.75, 3.05) is 0 Å². The maximum absolute atomic E-state index is 10.4. The minimum Gasteiger partial charge on any atom is -0.296 e. The molecule has 0 bridgehead atoms. The molecule has 0 aliphatic rings. The van der Waals surface area contributed by atoms with Crippen LogP contribution < -0.4 is 0 Å². The Morgan fingerprint density at radius 2 is 2.31 bits per heavy atom. The number of aromatic nitrogens is 2. The largest absolute Gasteiger partial charge is 0.296 e. The van der Waals surface area contributed by atoms with Gasteiger partial charge >= 0.3 is 0 Å². The highest BCUT2D eigenvalue weighted by Gasteiger charge is 2.03. The second-order valence-corrected chi connectivity index (χ2v) is 3.27. The SMILES string of the molecule is O=Cc1csc(-c2ccccn2)n1. The number of aldehydes is 1. The van der Waals surface area contributed by atoms with Crippen molar-refractivity contribution >= 4 is 17.6 Å². The third-order valence-corrected chi connectivity index (χ3v) is 2.41. The fourth-order valence-corrected chi connectivity index (χ4v) is 1.69. The molecule has 0 spiro atoms. The van der Waals surface area contributed by atoms with Gasteiger partial charge in [0, 0.05) is 11.6 Å². The maximum Gasteiger partial charge on any atom is 0.169 e. The topological polar surface area (TPSA) is 42.9 Å². The highest BCUT2D eigenvalue weighted by atomic mass is 32.1. The van der Waals surface area contributed by atoms with Gasteiger partial charge in [0.05, 0.1) is 5.69 Å². The lowest BCUT2D eigenvalue weighted by molar-refractivity contribution is 0.111. The quantitative estimate of drug-likeness (QED) is 0.680. The van der Waals surface area contributed by atoms with E-state index in [9.17, 15) is 4.79 Å². The second-order valence-electron chi connectivity index (χ2n) is 2.41. The van der Waals surface area contributed by atoms with E-state index >= 15 is 0 Å². The van der Waals surface area contributed by atoms with E-state index < -0.39 is 0 Å². The minimum absolute atomic E-state index is 0.464. The van der Waals surface area contributed by atoms with Crippen LogP contribution in [0.15, 0.2) is 29.8 Å². The monoisotopic (exact) mass is 190 g/mol. The van der Waals surface area contributed by atoms with Crippen molar-refractivity contribution in [3.63, 3.8) is 0 Å². The zero-order valence-corrected chi connectivity index (χ0v) is 7.49. The predicted octanol–water partition coefficient (Wildman–Crippen LogP) is 2.02. The molecule has 4 heteroatoms. The molecule has 0 radical (unpaired) electrons. The molecule has 0 unspecified atom stereocenters. The summed E-state index contributed by atoms with van der Waals surface area (Å²) in [5, 5.41) is 2.50. The summed E-state index contributed by atoms with van der Waals surface area (Å²) in [6, 6.07) is 5.61. The zero-order valence-electron chi connectivity index (χ0n) is 6.68. The molecule has 2 heterocycles. The number of rotatable bonds is 2. The Bertz CT molecular complexity index is 411. The van der Waals surface area contributed by atoms with Crippen LogP contribution in [0.2, 0.25) is 0 Å². The van der Waals surface area contributed by atoms with Gasteiger partial charge in [-0.3, -0.25) is 9.78 Å². The molecule has 0 amide bonds. The summed E-state index contributed by atoms with van der Waals surface area (Å²) < 4.78 is 0. The number of pyridine rings is 1. The van der Waals surface area contributed by atoms with Crippen molar-refractivity contribution in [3.8, 4) is 10.7 Å². The van der Waals surface area contributed by atoms with Gasteiger partial charge in [-0.05, 0) is 12.1 Å². The van der Waals surface area contributed by atoms with Crippen LogP contribution in [0, 0.1) is 0 Å².